The second-order valence-corrected chi connectivity index (χ2v) is 6.80. The number of nitrogens with zero attached hydrogens (tertiary/aromatic N) is 7. The van der Waals surface area contributed by atoms with E-state index in [0.29, 0.717) is 12.2 Å². The van der Waals surface area contributed by atoms with Crippen molar-refractivity contribution >= 4 is 17.4 Å². The van der Waals surface area contributed by atoms with E-state index in [1.807, 2.05) is 16.8 Å². The molecule has 1 aromatic carbocycles. The molecule has 4 heterocycles. The monoisotopic (exact) mass is 392 g/mol. The normalized spacial score (nSPS) is 16.4. The standard InChI is InChI=1S/C19H17FN8O/c20-13-1-3-15(4-2-13)28-12-23-16(25-28)19(29)24-14-5-8-27(11-14)18-17-21-6-9-26(17)10-7-22-18/h1-4,6-7,9-10,12,14H,5,8,11H2,(H,24,29)/t14-/m1/s1. The molecular formula is C19H17FN8O. The van der Waals surface area contributed by atoms with E-state index in [-0.39, 0.29) is 23.6 Å². The molecule has 4 aromatic rings. The molecule has 1 aliphatic heterocycles. The lowest BCUT2D eigenvalue weighted by Gasteiger charge is -2.18. The number of hydrogen-bond donors (Lipinski definition) is 1. The first kappa shape index (κ1) is 17.3. The average Bonchev–Trinajstić information content (AvgIpc) is 3.48. The van der Waals surface area contributed by atoms with Gasteiger partial charge >= 0.3 is 0 Å². The van der Waals surface area contributed by atoms with Crippen LogP contribution in [0.5, 0.6) is 0 Å². The van der Waals surface area contributed by atoms with Gasteiger partial charge in [-0.2, -0.15) is 0 Å². The number of rotatable bonds is 4. The minimum atomic E-state index is -0.343. The summed E-state index contributed by atoms with van der Waals surface area (Å²) in [6, 6.07) is 5.77. The number of aromatic nitrogens is 6. The van der Waals surface area contributed by atoms with Gasteiger partial charge in [0.05, 0.1) is 5.69 Å². The molecule has 5 rings (SSSR count). The first-order valence-corrected chi connectivity index (χ1v) is 9.18. The molecule has 1 atom stereocenters. The van der Waals surface area contributed by atoms with E-state index in [9.17, 15) is 9.18 Å². The van der Waals surface area contributed by atoms with Crippen LogP contribution in [0.2, 0.25) is 0 Å². The summed E-state index contributed by atoms with van der Waals surface area (Å²) in [6.07, 6.45) is 9.42. The minimum absolute atomic E-state index is 0.0442. The number of hydrogen-bond acceptors (Lipinski definition) is 6. The van der Waals surface area contributed by atoms with Crippen LogP contribution in [0.4, 0.5) is 10.2 Å². The van der Waals surface area contributed by atoms with Gasteiger partial charge in [0.1, 0.15) is 12.1 Å². The molecule has 0 unspecified atom stereocenters. The Morgan fingerprint density at radius 3 is 2.72 bits per heavy atom. The first-order chi connectivity index (χ1) is 14.2. The van der Waals surface area contributed by atoms with E-state index in [1.54, 1.807) is 24.5 Å². The predicted molar refractivity (Wildman–Crippen MR) is 102 cm³/mol. The molecule has 1 N–H and O–H groups in total. The fourth-order valence-corrected chi connectivity index (χ4v) is 3.47. The largest absolute Gasteiger partial charge is 0.351 e. The maximum Gasteiger partial charge on any atom is 0.291 e. The third-order valence-electron chi connectivity index (χ3n) is 4.90. The Kier molecular flexibility index (Phi) is 4.15. The van der Waals surface area contributed by atoms with Gasteiger partial charge in [-0.15, -0.1) is 5.10 Å². The van der Waals surface area contributed by atoms with Crippen LogP contribution in [0, 0.1) is 5.82 Å². The number of carbonyl (C=O) groups excluding carboxylic acids is 1. The summed E-state index contributed by atoms with van der Waals surface area (Å²) >= 11 is 0. The Labute approximate surface area is 164 Å². The van der Waals surface area contributed by atoms with Gasteiger partial charge in [-0.1, -0.05) is 0 Å². The summed E-state index contributed by atoms with van der Waals surface area (Å²) in [4.78, 5) is 27.5. The molecule has 0 spiro atoms. The maximum atomic E-state index is 13.1. The van der Waals surface area contributed by atoms with Gasteiger partial charge in [-0.25, -0.2) is 24.0 Å². The van der Waals surface area contributed by atoms with Crippen LogP contribution in [-0.2, 0) is 0 Å². The molecule has 0 saturated carbocycles. The van der Waals surface area contributed by atoms with Crippen LogP contribution in [0.1, 0.15) is 17.0 Å². The molecule has 1 amide bonds. The summed E-state index contributed by atoms with van der Waals surface area (Å²) in [5.74, 6) is 0.192. The van der Waals surface area contributed by atoms with Crippen molar-refractivity contribution in [3.05, 3.63) is 67.0 Å². The van der Waals surface area contributed by atoms with E-state index in [2.05, 4.69) is 30.3 Å². The molecule has 0 bridgehead atoms. The quantitative estimate of drug-likeness (QED) is 0.565. The van der Waals surface area contributed by atoms with Crippen molar-refractivity contribution in [3.8, 4) is 5.69 Å². The van der Waals surface area contributed by atoms with Gasteiger partial charge in [0.15, 0.2) is 11.5 Å². The molecule has 29 heavy (non-hydrogen) atoms. The fourth-order valence-electron chi connectivity index (χ4n) is 3.47. The lowest BCUT2D eigenvalue weighted by atomic mass is 10.2. The Morgan fingerprint density at radius 1 is 1.10 bits per heavy atom. The number of anilines is 1. The lowest BCUT2D eigenvalue weighted by molar-refractivity contribution is 0.0930. The highest BCUT2D eigenvalue weighted by molar-refractivity contribution is 5.90. The van der Waals surface area contributed by atoms with Crippen molar-refractivity contribution < 1.29 is 9.18 Å². The summed E-state index contributed by atoms with van der Waals surface area (Å²) in [7, 11) is 0. The van der Waals surface area contributed by atoms with E-state index in [1.165, 1.54) is 23.1 Å². The van der Waals surface area contributed by atoms with Crippen molar-refractivity contribution in [2.75, 3.05) is 18.0 Å². The summed E-state index contributed by atoms with van der Waals surface area (Å²) < 4.78 is 16.4. The molecule has 0 radical (unpaired) electrons. The van der Waals surface area contributed by atoms with E-state index >= 15 is 0 Å². The van der Waals surface area contributed by atoms with Crippen molar-refractivity contribution in [2.45, 2.75) is 12.5 Å². The highest BCUT2D eigenvalue weighted by atomic mass is 19.1. The zero-order valence-corrected chi connectivity index (χ0v) is 15.3. The molecule has 1 fully saturated rings. The average molecular weight is 392 g/mol. The molecule has 1 aliphatic rings. The summed E-state index contributed by atoms with van der Waals surface area (Å²) in [5, 5.41) is 7.17. The Balaban J connectivity index is 1.26. The zero-order chi connectivity index (χ0) is 19.8. The Morgan fingerprint density at radius 2 is 1.90 bits per heavy atom. The molecule has 10 heteroatoms. The first-order valence-electron chi connectivity index (χ1n) is 9.18. The van der Waals surface area contributed by atoms with E-state index in [4.69, 9.17) is 0 Å². The second-order valence-electron chi connectivity index (χ2n) is 6.80. The van der Waals surface area contributed by atoms with Crippen LogP contribution in [-0.4, -0.2) is 54.2 Å². The molecule has 9 nitrogen and oxygen atoms in total. The summed E-state index contributed by atoms with van der Waals surface area (Å²) in [5.41, 5.74) is 1.42. The van der Waals surface area contributed by atoms with Crippen molar-refractivity contribution in [1.82, 2.24) is 34.4 Å². The fraction of sp³-hybridized carbons (Fsp3) is 0.211. The highest BCUT2D eigenvalue weighted by Crippen LogP contribution is 2.22. The van der Waals surface area contributed by atoms with Crippen molar-refractivity contribution in [2.24, 2.45) is 0 Å². The van der Waals surface area contributed by atoms with Gasteiger partial charge < -0.3 is 14.6 Å². The van der Waals surface area contributed by atoms with Gasteiger partial charge in [0.2, 0.25) is 5.82 Å². The van der Waals surface area contributed by atoms with Crippen molar-refractivity contribution in [3.63, 3.8) is 0 Å². The molecule has 146 valence electrons. The second kappa shape index (κ2) is 6.97. The summed E-state index contributed by atoms with van der Waals surface area (Å²) in [6.45, 7) is 1.39. The maximum absolute atomic E-state index is 13.1. The van der Waals surface area contributed by atoms with Crippen LogP contribution < -0.4 is 10.2 Å². The third kappa shape index (κ3) is 3.28. The topological polar surface area (TPSA) is 93.2 Å². The third-order valence-corrected chi connectivity index (χ3v) is 4.90. The van der Waals surface area contributed by atoms with Crippen LogP contribution in [0.25, 0.3) is 11.3 Å². The minimum Gasteiger partial charge on any atom is -0.351 e. The lowest BCUT2D eigenvalue weighted by Crippen LogP contribution is -2.37. The van der Waals surface area contributed by atoms with Gasteiger partial charge in [0, 0.05) is 43.9 Å². The Bertz CT molecular complexity index is 1170. The number of benzene rings is 1. The number of amides is 1. The molecular weight excluding hydrogens is 375 g/mol. The van der Waals surface area contributed by atoms with Gasteiger partial charge in [-0.3, -0.25) is 4.79 Å². The molecule has 0 aliphatic carbocycles. The van der Waals surface area contributed by atoms with Crippen molar-refractivity contribution in [1.29, 1.82) is 0 Å². The molecule has 3 aromatic heterocycles. The molecule has 1 saturated heterocycles. The van der Waals surface area contributed by atoms with Crippen LogP contribution in [0.3, 0.4) is 0 Å². The van der Waals surface area contributed by atoms with Gasteiger partial charge in [-0.05, 0) is 30.7 Å². The smallest absolute Gasteiger partial charge is 0.291 e. The SMILES string of the molecule is O=C(N[C@@H]1CCN(c2nccn3ccnc23)C1)c1ncn(-c2ccc(F)cc2)n1. The number of imidazole rings is 1. The van der Waals surface area contributed by atoms with E-state index in [0.717, 1.165) is 24.4 Å². The zero-order valence-electron chi connectivity index (χ0n) is 15.3. The Hall–Kier alpha value is -3.82. The predicted octanol–water partition coefficient (Wildman–Crippen LogP) is 1.46. The number of nitrogens with one attached hydrogen (secondary N) is 1. The highest BCUT2D eigenvalue weighted by Gasteiger charge is 2.27. The van der Waals surface area contributed by atoms with Gasteiger partial charge in [0.25, 0.3) is 5.91 Å². The van der Waals surface area contributed by atoms with E-state index < -0.39 is 0 Å². The van der Waals surface area contributed by atoms with Crippen LogP contribution >= 0.6 is 0 Å². The number of halogens is 1. The van der Waals surface area contributed by atoms with Crippen LogP contribution in [0.15, 0.2) is 55.4 Å². The number of carbonyl (C=O) groups is 1. The number of fused-ring (bicyclic) bond motifs is 1.